The molecule has 0 saturated heterocycles. The van der Waals surface area contributed by atoms with Crippen molar-refractivity contribution in [1.29, 1.82) is 0 Å². The van der Waals surface area contributed by atoms with Gasteiger partial charge in [0.2, 0.25) is 0 Å². The van der Waals surface area contributed by atoms with Crippen LogP contribution in [-0.2, 0) is 5.60 Å². The molecule has 0 aromatic carbocycles. The summed E-state index contributed by atoms with van der Waals surface area (Å²) in [5.41, 5.74) is -0.522. The Hall–Kier alpha value is -0.0500. The standard InChI is InChI=1S/C13H19ClOS/c1-9-6-12(2,3)8-13(15,7-9)11-10(14)4-5-16-11/h4-5,9,15H,6-8H2,1-3H3. The van der Waals surface area contributed by atoms with E-state index >= 15 is 0 Å². The van der Waals surface area contributed by atoms with Gasteiger partial charge >= 0.3 is 0 Å². The first kappa shape index (κ1) is 12.4. The number of hydrogen-bond donors (Lipinski definition) is 1. The van der Waals surface area contributed by atoms with E-state index in [0.717, 1.165) is 22.7 Å². The van der Waals surface area contributed by atoms with Crippen LogP contribution in [0.3, 0.4) is 0 Å². The predicted molar refractivity (Wildman–Crippen MR) is 70.0 cm³/mol. The van der Waals surface area contributed by atoms with Crippen LogP contribution in [0, 0.1) is 11.3 Å². The van der Waals surface area contributed by atoms with Crippen LogP contribution in [0.5, 0.6) is 0 Å². The van der Waals surface area contributed by atoms with E-state index in [9.17, 15) is 5.11 Å². The zero-order valence-corrected chi connectivity index (χ0v) is 11.7. The maximum absolute atomic E-state index is 10.8. The molecule has 0 spiro atoms. The number of rotatable bonds is 1. The number of halogens is 1. The molecule has 1 aromatic heterocycles. The second-order valence-corrected chi connectivity index (χ2v) is 7.31. The third-order valence-corrected chi connectivity index (χ3v) is 4.93. The Balaban J connectivity index is 2.34. The molecule has 0 amide bonds. The highest BCUT2D eigenvalue weighted by Crippen LogP contribution is 2.51. The highest BCUT2D eigenvalue weighted by atomic mass is 35.5. The number of thiophene rings is 1. The van der Waals surface area contributed by atoms with Gasteiger partial charge in [0, 0.05) is 0 Å². The van der Waals surface area contributed by atoms with Crippen molar-refractivity contribution in [3.63, 3.8) is 0 Å². The van der Waals surface area contributed by atoms with Crippen molar-refractivity contribution in [3.8, 4) is 0 Å². The molecule has 1 N–H and O–H groups in total. The first-order chi connectivity index (χ1) is 7.32. The Morgan fingerprint density at radius 2 is 2.12 bits per heavy atom. The van der Waals surface area contributed by atoms with Gasteiger partial charge in [-0.2, -0.15) is 0 Å². The first-order valence-corrected chi connectivity index (χ1v) is 7.04. The van der Waals surface area contributed by atoms with Crippen LogP contribution < -0.4 is 0 Å². The van der Waals surface area contributed by atoms with Crippen molar-refractivity contribution >= 4 is 22.9 Å². The van der Waals surface area contributed by atoms with Crippen molar-refractivity contribution < 1.29 is 5.11 Å². The normalized spacial score (nSPS) is 33.9. The molecule has 1 saturated carbocycles. The smallest absolute Gasteiger partial charge is 0.101 e. The maximum atomic E-state index is 10.8. The molecule has 2 rings (SSSR count). The molecule has 0 aliphatic heterocycles. The van der Waals surface area contributed by atoms with Crippen molar-refractivity contribution in [2.24, 2.45) is 11.3 Å². The summed E-state index contributed by atoms with van der Waals surface area (Å²) in [6, 6.07) is 1.88. The monoisotopic (exact) mass is 258 g/mol. The largest absolute Gasteiger partial charge is 0.384 e. The second-order valence-electron chi connectivity index (χ2n) is 5.98. The molecule has 90 valence electrons. The third kappa shape index (κ3) is 2.29. The van der Waals surface area contributed by atoms with E-state index in [2.05, 4.69) is 20.8 Å². The van der Waals surface area contributed by atoms with E-state index < -0.39 is 5.60 Å². The molecule has 1 heterocycles. The van der Waals surface area contributed by atoms with Crippen LogP contribution >= 0.6 is 22.9 Å². The van der Waals surface area contributed by atoms with Gasteiger partial charge in [0.05, 0.1) is 9.90 Å². The van der Waals surface area contributed by atoms with Crippen LogP contribution in [0.4, 0.5) is 0 Å². The molecule has 1 nitrogen and oxygen atoms in total. The molecule has 2 atom stereocenters. The summed E-state index contributed by atoms with van der Waals surface area (Å²) in [6.45, 7) is 6.68. The minimum absolute atomic E-state index is 0.194. The fraction of sp³-hybridized carbons (Fsp3) is 0.692. The van der Waals surface area contributed by atoms with Crippen LogP contribution in [0.2, 0.25) is 5.02 Å². The first-order valence-electron chi connectivity index (χ1n) is 5.78. The molecule has 16 heavy (non-hydrogen) atoms. The SMILES string of the molecule is CC1CC(C)(C)CC(O)(c2sccc2Cl)C1. The number of hydrogen-bond acceptors (Lipinski definition) is 2. The summed E-state index contributed by atoms with van der Waals surface area (Å²) >= 11 is 7.73. The van der Waals surface area contributed by atoms with Crippen LogP contribution in [0.25, 0.3) is 0 Å². The number of aliphatic hydroxyl groups is 1. The van der Waals surface area contributed by atoms with Gasteiger partial charge in [-0.25, -0.2) is 0 Å². The quantitative estimate of drug-likeness (QED) is 0.790. The summed E-state index contributed by atoms with van der Waals surface area (Å²) in [4.78, 5) is 0.953. The van der Waals surface area contributed by atoms with Crippen molar-refractivity contribution in [1.82, 2.24) is 0 Å². The summed E-state index contributed by atoms with van der Waals surface area (Å²) in [7, 11) is 0. The molecule has 1 aromatic rings. The Labute approximate surface area is 106 Å². The van der Waals surface area contributed by atoms with Gasteiger partial charge in [-0.1, -0.05) is 32.4 Å². The zero-order chi connectivity index (χ0) is 12.0. The Morgan fingerprint density at radius 1 is 1.44 bits per heavy atom. The van der Waals surface area contributed by atoms with E-state index in [-0.39, 0.29) is 5.41 Å². The van der Waals surface area contributed by atoms with Gasteiger partial charge in [-0.3, -0.25) is 0 Å². The topological polar surface area (TPSA) is 20.2 Å². The van der Waals surface area contributed by atoms with Gasteiger partial charge < -0.3 is 5.11 Å². The van der Waals surface area contributed by atoms with Gasteiger partial charge in [-0.05, 0) is 42.0 Å². The predicted octanol–water partition coefficient (Wildman–Crippen LogP) is 4.44. The van der Waals surface area contributed by atoms with Gasteiger partial charge in [0.25, 0.3) is 0 Å². The van der Waals surface area contributed by atoms with Gasteiger partial charge in [-0.15, -0.1) is 11.3 Å². The maximum Gasteiger partial charge on any atom is 0.101 e. The highest BCUT2D eigenvalue weighted by molar-refractivity contribution is 7.10. The van der Waals surface area contributed by atoms with Crippen LogP contribution in [0.1, 0.15) is 44.9 Å². The van der Waals surface area contributed by atoms with E-state index in [4.69, 9.17) is 11.6 Å². The summed E-state index contributed by atoms with van der Waals surface area (Å²) in [6.07, 6.45) is 2.82. The summed E-state index contributed by atoms with van der Waals surface area (Å²) < 4.78 is 0. The van der Waals surface area contributed by atoms with Crippen molar-refractivity contribution in [2.75, 3.05) is 0 Å². The van der Waals surface area contributed by atoms with Crippen molar-refractivity contribution in [2.45, 2.75) is 45.6 Å². The minimum atomic E-state index is -0.716. The Bertz CT molecular complexity index is 385. The van der Waals surface area contributed by atoms with E-state index in [0.29, 0.717) is 5.92 Å². The van der Waals surface area contributed by atoms with Crippen LogP contribution in [0.15, 0.2) is 11.4 Å². The molecule has 0 radical (unpaired) electrons. The molecule has 2 unspecified atom stereocenters. The second kappa shape index (κ2) is 4.01. The molecule has 1 fully saturated rings. The average molecular weight is 259 g/mol. The fourth-order valence-electron chi connectivity index (χ4n) is 3.33. The highest BCUT2D eigenvalue weighted by Gasteiger charge is 2.44. The Morgan fingerprint density at radius 3 is 2.62 bits per heavy atom. The molecular weight excluding hydrogens is 240 g/mol. The van der Waals surface area contributed by atoms with Gasteiger partial charge in [0.15, 0.2) is 0 Å². The van der Waals surface area contributed by atoms with E-state index in [1.165, 1.54) is 6.42 Å². The molecular formula is C13H19ClOS. The van der Waals surface area contributed by atoms with E-state index in [1.54, 1.807) is 11.3 Å². The lowest BCUT2D eigenvalue weighted by Crippen LogP contribution is -2.39. The van der Waals surface area contributed by atoms with Crippen molar-refractivity contribution in [3.05, 3.63) is 21.3 Å². The Kier molecular flexibility index (Phi) is 3.11. The lowest BCUT2D eigenvalue weighted by molar-refractivity contribution is -0.0607. The molecule has 3 heteroatoms. The van der Waals surface area contributed by atoms with E-state index in [1.807, 2.05) is 11.4 Å². The van der Waals surface area contributed by atoms with Gasteiger partial charge in [0.1, 0.15) is 5.60 Å². The summed E-state index contributed by atoms with van der Waals surface area (Å²) in [5, 5.41) is 13.5. The molecule has 1 aliphatic carbocycles. The molecule has 1 aliphatic rings. The average Bonchev–Trinajstić information content (AvgIpc) is 2.46. The van der Waals surface area contributed by atoms with Crippen LogP contribution in [-0.4, -0.2) is 5.11 Å². The summed E-state index contributed by atoms with van der Waals surface area (Å²) in [5.74, 6) is 0.548. The lowest BCUT2D eigenvalue weighted by atomic mass is 9.65. The zero-order valence-electron chi connectivity index (χ0n) is 10.1. The minimum Gasteiger partial charge on any atom is -0.384 e. The fourth-order valence-corrected chi connectivity index (χ4v) is 4.67. The third-order valence-electron chi connectivity index (χ3n) is 3.40. The lowest BCUT2D eigenvalue weighted by Gasteiger charge is -2.44. The molecule has 0 bridgehead atoms.